The first-order valence-electron chi connectivity index (χ1n) is 8.49. The number of aromatic nitrogens is 2. The van der Waals surface area contributed by atoms with Gasteiger partial charge in [0.2, 0.25) is 0 Å². The summed E-state index contributed by atoms with van der Waals surface area (Å²) in [6, 6.07) is 12.3. The van der Waals surface area contributed by atoms with E-state index in [4.69, 9.17) is 0 Å². The van der Waals surface area contributed by atoms with Gasteiger partial charge in [0.15, 0.2) is 5.69 Å². The molecule has 3 rings (SSSR count). The van der Waals surface area contributed by atoms with Crippen molar-refractivity contribution >= 4 is 11.8 Å². The van der Waals surface area contributed by atoms with Crippen LogP contribution in [-0.4, -0.2) is 21.7 Å². The quantitative estimate of drug-likeness (QED) is 0.334. The maximum atomic E-state index is 13.3. The smallest absolute Gasteiger partial charge is 0.233 e. The molecule has 0 aliphatic rings. The monoisotopic (exact) mass is 430 g/mol. The van der Waals surface area contributed by atoms with Crippen molar-refractivity contribution in [1.82, 2.24) is 9.78 Å². The average molecular weight is 430 g/mol. The van der Waals surface area contributed by atoms with E-state index in [1.54, 1.807) is 43.3 Å². The van der Waals surface area contributed by atoms with Gasteiger partial charge >= 0.3 is 12.4 Å². The fraction of sp³-hybridized carbons (Fsp3) is 0.250. The highest BCUT2D eigenvalue weighted by Crippen LogP contribution is 2.36. The number of hydrogen-bond donors (Lipinski definition) is 0. The number of hydrogen-bond acceptors (Lipinski definition) is 2. The molecular formula is C20H16F6N2S. The van der Waals surface area contributed by atoms with Crippen LogP contribution in [0.1, 0.15) is 16.8 Å². The highest BCUT2D eigenvalue weighted by molar-refractivity contribution is 7.99. The Hall–Kier alpha value is -2.42. The summed E-state index contributed by atoms with van der Waals surface area (Å²) in [4.78, 5) is 0.352. The molecular weight excluding hydrogens is 414 g/mol. The number of alkyl halides is 6. The second-order valence-electron chi connectivity index (χ2n) is 6.54. The van der Waals surface area contributed by atoms with Crippen molar-refractivity contribution in [3.8, 4) is 16.9 Å². The Labute approximate surface area is 167 Å². The Morgan fingerprint density at radius 1 is 0.897 bits per heavy atom. The van der Waals surface area contributed by atoms with Gasteiger partial charge in [0.25, 0.3) is 0 Å². The molecule has 0 fully saturated rings. The summed E-state index contributed by atoms with van der Waals surface area (Å²) in [7, 11) is 0. The maximum Gasteiger partial charge on any atom is 0.435 e. The normalized spacial score (nSPS) is 12.4. The third-order valence-corrected chi connectivity index (χ3v) is 5.38. The van der Waals surface area contributed by atoms with Gasteiger partial charge in [-0.15, -0.1) is 11.8 Å². The fourth-order valence-electron chi connectivity index (χ4n) is 2.68. The number of nitrogens with zero attached hydrogens (tertiary/aromatic N) is 2. The van der Waals surface area contributed by atoms with Crippen LogP contribution in [0.3, 0.4) is 0 Å². The highest BCUT2D eigenvalue weighted by Gasteiger charge is 2.35. The van der Waals surface area contributed by atoms with Crippen LogP contribution >= 0.6 is 11.8 Å². The Morgan fingerprint density at radius 3 is 2.14 bits per heavy atom. The molecule has 0 saturated heterocycles. The highest BCUT2D eigenvalue weighted by atomic mass is 32.2. The Morgan fingerprint density at radius 2 is 1.55 bits per heavy atom. The van der Waals surface area contributed by atoms with Crippen LogP contribution in [-0.2, 0) is 6.18 Å². The summed E-state index contributed by atoms with van der Waals surface area (Å²) < 4.78 is 78.7. The van der Waals surface area contributed by atoms with Crippen LogP contribution < -0.4 is 0 Å². The predicted molar refractivity (Wildman–Crippen MR) is 100 cm³/mol. The molecule has 0 unspecified atom stereocenters. The summed E-state index contributed by atoms with van der Waals surface area (Å²) in [5, 5.41) is 3.70. The van der Waals surface area contributed by atoms with Crippen LogP contribution in [0.15, 0.2) is 53.4 Å². The maximum absolute atomic E-state index is 13.3. The molecule has 0 radical (unpaired) electrons. The molecule has 2 aromatic carbocycles. The SMILES string of the molecule is Cc1ccc(-n2nc(C(F)(F)F)cc2-c2ccc(C)c(SCC(F)(F)F)c2)cc1. The van der Waals surface area contributed by atoms with E-state index in [1.165, 1.54) is 6.07 Å². The molecule has 3 aromatic rings. The van der Waals surface area contributed by atoms with Crippen LogP contribution in [0.4, 0.5) is 26.3 Å². The summed E-state index contributed by atoms with van der Waals surface area (Å²) in [6.45, 7) is 3.50. The summed E-state index contributed by atoms with van der Waals surface area (Å²) in [5.74, 6) is -1.08. The van der Waals surface area contributed by atoms with Crippen molar-refractivity contribution in [2.75, 3.05) is 5.75 Å². The zero-order chi connectivity index (χ0) is 21.4. The molecule has 1 heterocycles. The van der Waals surface area contributed by atoms with Crippen molar-refractivity contribution in [3.63, 3.8) is 0 Å². The Balaban J connectivity index is 2.10. The van der Waals surface area contributed by atoms with E-state index >= 15 is 0 Å². The second kappa shape index (κ2) is 7.78. The topological polar surface area (TPSA) is 17.8 Å². The molecule has 29 heavy (non-hydrogen) atoms. The third kappa shape index (κ3) is 5.14. The largest absolute Gasteiger partial charge is 0.435 e. The van der Waals surface area contributed by atoms with E-state index in [9.17, 15) is 26.3 Å². The van der Waals surface area contributed by atoms with Gasteiger partial charge in [-0.25, -0.2) is 4.68 Å². The van der Waals surface area contributed by atoms with Crippen LogP contribution in [0, 0.1) is 13.8 Å². The van der Waals surface area contributed by atoms with E-state index < -0.39 is 23.8 Å². The van der Waals surface area contributed by atoms with E-state index in [-0.39, 0.29) is 5.69 Å². The Bertz CT molecular complexity index is 1000. The number of benzene rings is 2. The molecule has 0 spiro atoms. The van der Waals surface area contributed by atoms with Gasteiger partial charge in [-0.2, -0.15) is 31.4 Å². The molecule has 0 saturated carbocycles. The second-order valence-corrected chi connectivity index (χ2v) is 7.56. The Kier molecular flexibility index (Phi) is 5.71. The molecule has 0 bridgehead atoms. The summed E-state index contributed by atoms with van der Waals surface area (Å²) >= 11 is 0.602. The molecule has 154 valence electrons. The zero-order valence-electron chi connectivity index (χ0n) is 15.4. The van der Waals surface area contributed by atoms with Gasteiger partial charge in [-0.05, 0) is 43.7 Å². The van der Waals surface area contributed by atoms with E-state index in [0.29, 0.717) is 33.5 Å². The lowest BCUT2D eigenvalue weighted by Gasteiger charge is -2.12. The summed E-state index contributed by atoms with van der Waals surface area (Å²) in [5.41, 5.74) is 1.39. The molecule has 2 nitrogen and oxygen atoms in total. The number of rotatable bonds is 4. The minimum atomic E-state index is -4.65. The minimum absolute atomic E-state index is 0.148. The molecule has 0 aliphatic carbocycles. The van der Waals surface area contributed by atoms with Gasteiger partial charge < -0.3 is 0 Å². The first kappa shape index (κ1) is 21.3. The lowest BCUT2D eigenvalue weighted by Crippen LogP contribution is -2.10. The van der Waals surface area contributed by atoms with E-state index in [1.807, 2.05) is 6.92 Å². The lowest BCUT2D eigenvalue weighted by atomic mass is 10.1. The fourth-order valence-corrected chi connectivity index (χ4v) is 3.51. The van der Waals surface area contributed by atoms with Crippen molar-refractivity contribution in [2.45, 2.75) is 31.1 Å². The number of thioether (sulfide) groups is 1. The van der Waals surface area contributed by atoms with Gasteiger partial charge in [-0.3, -0.25) is 0 Å². The minimum Gasteiger partial charge on any atom is -0.233 e. The van der Waals surface area contributed by atoms with Gasteiger partial charge in [0.1, 0.15) is 0 Å². The molecule has 0 aliphatic heterocycles. The van der Waals surface area contributed by atoms with E-state index in [0.717, 1.165) is 16.3 Å². The third-order valence-electron chi connectivity index (χ3n) is 4.15. The van der Waals surface area contributed by atoms with Gasteiger partial charge in [0.05, 0.1) is 17.1 Å². The molecule has 0 atom stereocenters. The average Bonchev–Trinajstić information content (AvgIpc) is 3.07. The molecule has 0 N–H and O–H groups in total. The predicted octanol–water partition coefficient (Wildman–Crippen LogP) is 6.83. The van der Waals surface area contributed by atoms with Crippen molar-refractivity contribution in [3.05, 3.63) is 65.4 Å². The zero-order valence-corrected chi connectivity index (χ0v) is 16.2. The van der Waals surface area contributed by atoms with E-state index in [2.05, 4.69) is 5.10 Å². The lowest BCUT2D eigenvalue weighted by molar-refractivity contribution is -0.141. The summed E-state index contributed by atoms with van der Waals surface area (Å²) in [6.07, 6.45) is -9.00. The first-order chi connectivity index (χ1) is 13.4. The molecule has 0 amide bonds. The standard InChI is InChI=1S/C20H16F6N2S/c1-12-3-7-15(8-4-12)28-16(10-18(27-28)20(24,25)26)14-6-5-13(2)17(9-14)29-11-19(21,22)23/h3-10H,11H2,1-2H3. The van der Waals surface area contributed by atoms with Crippen molar-refractivity contribution in [1.29, 1.82) is 0 Å². The van der Waals surface area contributed by atoms with Crippen molar-refractivity contribution in [2.24, 2.45) is 0 Å². The number of aryl methyl sites for hydroxylation is 2. The first-order valence-corrected chi connectivity index (χ1v) is 9.47. The van der Waals surface area contributed by atoms with Crippen LogP contribution in [0.5, 0.6) is 0 Å². The van der Waals surface area contributed by atoms with Crippen LogP contribution in [0.2, 0.25) is 0 Å². The van der Waals surface area contributed by atoms with Gasteiger partial charge in [0, 0.05) is 10.5 Å². The van der Waals surface area contributed by atoms with Crippen molar-refractivity contribution < 1.29 is 26.3 Å². The molecule has 9 heteroatoms. The van der Waals surface area contributed by atoms with Gasteiger partial charge in [-0.1, -0.05) is 29.8 Å². The number of halogens is 6. The van der Waals surface area contributed by atoms with Crippen LogP contribution in [0.25, 0.3) is 16.9 Å². The molecule has 1 aromatic heterocycles.